The van der Waals surface area contributed by atoms with Crippen molar-refractivity contribution in [3.05, 3.63) is 106 Å². The fourth-order valence-electron chi connectivity index (χ4n) is 3.52. The standard InChI is InChI=1S/C26H18ClF4N3O2/c27-22-11-15(6-9-23(22)32)25(35)34-33-13-16-7-10-24(20-4-2-1-3-19(16)20)36-14-17-5-8-18(28)12-21(17)26(29,30)31/h1-13H,14,32H2,(H,34,35)/b33-13+. The lowest BCUT2D eigenvalue weighted by Gasteiger charge is -2.15. The van der Waals surface area contributed by atoms with E-state index in [0.717, 1.165) is 12.1 Å². The molecule has 3 N–H and O–H groups in total. The molecule has 0 heterocycles. The molecule has 4 aromatic rings. The maximum Gasteiger partial charge on any atom is 0.416 e. The summed E-state index contributed by atoms with van der Waals surface area (Å²) in [5.41, 5.74) is 8.03. The van der Waals surface area contributed by atoms with Crippen molar-refractivity contribution in [3.8, 4) is 5.75 Å². The van der Waals surface area contributed by atoms with E-state index >= 15 is 0 Å². The summed E-state index contributed by atoms with van der Waals surface area (Å²) in [4.78, 5) is 12.3. The first-order valence-electron chi connectivity index (χ1n) is 10.5. The van der Waals surface area contributed by atoms with Crippen molar-refractivity contribution in [1.29, 1.82) is 0 Å². The summed E-state index contributed by atoms with van der Waals surface area (Å²) in [6.07, 6.45) is -3.28. The number of hydrazone groups is 1. The van der Waals surface area contributed by atoms with Crippen LogP contribution >= 0.6 is 11.6 Å². The summed E-state index contributed by atoms with van der Waals surface area (Å²) in [5.74, 6) is -1.13. The van der Waals surface area contributed by atoms with Crippen LogP contribution in [0, 0.1) is 5.82 Å². The minimum absolute atomic E-state index is 0.191. The van der Waals surface area contributed by atoms with Gasteiger partial charge in [0.15, 0.2) is 0 Å². The molecular weight excluding hydrogens is 498 g/mol. The van der Waals surface area contributed by atoms with Crippen molar-refractivity contribution in [2.45, 2.75) is 12.8 Å². The lowest BCUT2D eigenvalue weighted by atomic mass is 10.0. The van der Waals surface area contributed by atoms with Crippen LogP contribution in [0.3, 0.4) is 0 Å². The van der Waals surface area contributed by atoms with Gasteiger partial charge in [0.2, 0.25) is 0 Å². The molecule has 0 bridgehead atoms. The number of hydrogen-bond donors (Lipinski definition) is 2. The van der Waals surface area contributed by atoms with Gasteiger partial charge in [-0.2, -0.15) is 18.3 Å². The third-order valence-electron chi connectivity index (χ3n) is 5.31. The Morgan fingerprint density at radius 1 is 1.03 bits per heavy atom. The number of benzene rings is 4. The second-order valence-corrected chi connectivity index (χ2v) is 8.13. The highest BCUT2D eigenvalue weighted by Gasteiger charge is 2.34. The van der Waals surface area contributed by atoms with Crippen LogP contribution in [-0.4, -0.2) is 12.1 Å². The molecule has 4 aromatic carbocycles. The number of ether oxygens (including phenoxy) is 1. The highest BCUT2D eigenvalue weighted by molar-refractivity contribution is 6.33. The monoisotopic (exact) mass is 515 g/mol. The highest BCUT2D eigenvalue weighted by atomic mass is 35.5. The zero-order valence-corrected chi connectivity index (χ0v) is 19.2. The SMILES string of the molecule is Nc1ccc(C(=O)N/N=C/c2ccc(OCc3ccc(F)cc3C(F)(F)F)c3ccccc23)cc1Cl. The number of nitrogens with two attached hydrogens (primary N) is 1. The van der Waals surface area contributed by atoms with Gasteiger partial charge in [-0.15, -0.1) is 0 Å². The molecule has 4 rings (SSSR count). The lowest BCUT2D eigenvalue weighted by molar-refractivity contribution is -0.138. The third-order valence-corrected chi connectivity index (χ3v) is 5.64. The van der Waals surface area contributed by atoms with Gasteiger partial charge >= 0.3 is 6.18 Å². The number of amides is 1. The molecule has 0 saturated heterocycles. The molecule has 0 spiro atoms. The summed E-state index contributed by atoms with van der Waals surface area (Å²) < 4.78 is 59.0. The number of nitrogens with zero attached hydrogens (tertiary/aromatic N) is 1. The number of anilines is 1. The summed E-state index contributed by atoms with van der Waals surface area (Å²) in [5, 5.41) is 5.55. The van der Waals surface area contributed by atoms with Crippen LogP contribution < -0.4 is 15.9 Å². The van der Waals surface area contributed by atoms with E-state index in [1.54, 1.807) is 36.4 Å². The number of hydrogen-bond acceptors (Lipinski definition) is 4. The van der Waals surface area contributed by atoms with Gasteiger partial charge in [-0.25, -0.2) is 9.82 Å². The van der Waals surface area contributed by atoms with Crippen LogP contribution in [0.2, 0.25) is 5.02 Å². The summed E-state index contributed by atoms with van der Waals surface area (Å²) in [6, 6.07) is 17.2. The van der Waals surface area contributed by atoms with E-state index in [1.165, 1.54) is 24.4 Å². The summed E-state index contributed by atoms with van der Waals surface area (Å²) >= 11 is 5.94. The molecule has 0 atom stereocenters. The van der Waals surface area contributed by atoms with E-state index in [2.05, 4.69) is 10.5 Å². The Bertz CT molecular complexity index is 1470. The molecule has 0 unspecified atom stereocenters. The predicted molar refractivity (Wildman–Crippen MR) is 131 cm³/mol. The molecule has 10 heteroatoms. The van der Waals surface area contributed by atoms with Crippen molar-refractivity contribution in [2.24, 2.45) is 5.10 Å². The fraction of sp³-hybridized carbons (Fsp3) is 0.0769. The van der Waals surface area contributed by atoms with Crippen LogP contribution in [0.25, 0.3) is 10.8 Å². The minimum Gasteiger partial charge on any atom is -0.488 e. The zero-order chi connectivity index (χ0) is 25.9. The van der Waals surface area contributed by atoms with Gasteiger partial charge in [-0.1, -0.05) is 41.9 Å². The Kier molecular flexibility index (Phi) is 7.12. The van der Waals surface area contributed by atoms with Crippen molar-refractivity contribution >= 4 is 40.2 Å². The topological polar surface area (TPSA) is 76.7 Å². The smallest absolute Gasteiger partial charge is 0.416 e. The van der Waals surface area contributed by atoms with Gasteiger partial charge in [0.1, 0.15) is 18.2 Å². The Hall–Kier alpha value is -4.11. The molecule has 5 nitrogen and oxygen atoms in total. The van der Waals surface area contributed by atoms with Crippen LogP contribution in [0.5, 0.6) is 5.75 Å². The molecular formula is C26H18ClF4N3O2. The molecule has 0 fully saturated rings. The van der Waals surface area contributed by atoms with Crippen molar-refractivity contribution in [3.63, 3.8) is 0 Å². The van der Waals surface area contributed by atoms with Gasteiger partial charge in [0.05, 0.1) is 22.5 Å². The summed E-state index contributed by atoms with van der Waals surface area (Å²) in [7, 11) is 0. The number of fused-ring (bicyclic) bond motifs is 1. The number of rotatable bonds is 6. The number of nitrogen functional groups attached to an aromatic ring is 1. The van der Waals surface area contributed by atoms with E-state index < -0.39 is 30.1 Å². The molecule has 184 valence electrons. The molecule has 0 aliphatic heterocycles. The predicted octanol–water partition coefficient (Wildman–Crippen LogP) is 6.58. The molecule has 0 saturated carbocycles. The van der Waals surface area contributed by atoms with Crippen molar-refractivity contribution < 1.29 is 27.1 Å². The lowest BCUT2D eigenvalue weighted by Crippen LogP contribution is -2.17. The number of alkyl halides is 3. The van der Waals surface area contributed by atoms with Gasteiger partial charge < -0.3 is 10.5 Å². The van der Waals surface area contributed by atoms with Crippen LogP contribution in [0.1, 0.15) is 27.0 Å². The van der Waals surface area contributed by atoms with Crippen LogP contribution in [0.15, 0.2) is 77.9 Å². The minimum atomic E-state index is -4.72. The van der Waals surface area contributed by atoms with Gasteiger partial charge in [0.25, 0.3) is 5.91 Å². The first-order valence-corrected chi connectivity index (χ1v) is 10.9. The molecule has 0 aliphatic rings. The van der Waals surface area contributed by atoms with E-state index in [0.29, 0.717) is 33.8 Å². The molecule has 0 aliphatic carbocycles. The van der Waals surface area contributed by atoms with E-state index in [1.807, 2.05) is 0 Å². The van der Waals surface area contributed by atoms with Crippen LogP contribution in [0.4, 0.5) is 23.2 Å². The van der Waals surface area contributed by atoms with Gasteiger partial charge in [0, 0.05) is 22.1 Å². The Labute approximate surface area is 208 Å². The Morgan fingerprint density at radius 3 is 2.50 bits per heavy atom. The molecule has 0 radical (unpaired) electrons. The zero-order valence-electron chi connectivity index (χ0n) is 18.4. The largest absolute Gasteiger partial charge is 0.488 e. The first-order chi connectivity index (χ1) is 17.1. The van der Waals surface area contributed by atoms with Gasteiger partial charge in [-0.05, 0) is 47.9 Å². The van der Waals surface area contributed by atoms with E-state index in [-0.39, 0.29) is 16.1 Å². The number of carbonyl (C=O) groups is 1. The number of nitrogens with one attached hydrogen (secondary N) is 1. The Morgan fingerprint density at radius 2 is 1.78 bits per heavy atom. The fourth-order valence-corrected chi connectivity index (χ4v) is 3.70. The normalized spacial score (nSPS) is 11.7. The van der Waals surface area contributed by atoms with E-state index in [4.69, 9.17) is 22.1 Å². The molecule has 36 heavy (non-hydrogen) atoms. The van der Waals surface area contributed by atoms with E-state index in [9.17, 15) is 22.4 Å². The van der Waals surface area contributed by atoms with Crippen molar-refractivity contribution in [2.75, 3.05) is 5.73 Å². The average Bonchev–Trinajstić information content (AvgIpc) is 2.85. The van der Waals surface area contributed by atoms with Gasteiger partial charge in [-0.3, -0.25) is 4.79 Å². The maximum absolute atomic E-state index is 13.4. The number of carbonyl (C=O) groups excluding carboxylic acids is 1. The second-order valence-electron chi connectivity index (χ2n) is 7.72. The Balaban J connectivity index is 1.54. The van der Waals surface area contributed by atoms with Crippen molar-refractivity contribution in [1.82, 2.24) is 5.43 Å². The molecule has 1 amide bonds. The average molecular weight is 516 g/mol. The quantitative estimate of drug-likeness (QED) is 0.132. The first kappa shape index (κ1) is 25.0. The second kappa shape index (κ2) is 10.2. The van der Waals surface area contributed by atoms with Crippen LogP contribution in [-0.2, 0) is 12.8 Å². The number of halogens is 5. The third kappa shape index (κ3) is 5.58. The maximum atomic E-state index is 13.4. The molecule has 0 aromatic heterocycles. The summed E-state index contributed by atoms with van der Waals surface area (Å²) in [6.45, 7) is -0.410. The highest BCUT2D eigenvalue weighted by Crippen LogP contribution is 2.34.